The second kappa shape index (κ2) is 23.8. The van der Waals surface area contributed by atoms with Gasteiger partial charge in [-0.15, -0.1) is 6.58 Å². The molecule has 0 spiro atoms. The van der Waals surface area contributed by atoms with Gasteiger partial charge in [-0.3, -0.25) is 0 Å². The Kier molecular flexibility index (Phi) is 19.1. The van der Waals surface area contributed by atoms with Crippen LogP contribution in [0.1, 0.15) is 0 Å². The summed E-state index contributed by atoms with van der Waals surface area (Å²) < 4.78 is 74.9. The lowest BCUT2D eigenvalue weighted by atomic mass is 9.94. The highest BCUT2D eigenvalue weighted by molar-refractivity contribution is 5.01. The first-order valence-electron chi connectivity index (χ1n) is 22.2. The molecule has 16 saturated heterocycles. The van der Waals surface area contributed by atoms with E-state index in [1.807, 2.05) is 0 Å². The lowest BCUT2D eigenvalue weighted by Gasteiger charge is -2.51. The molecule has 12 bridgehead atoms. The van der Waals surface area contributed by atoms with Crippen LogP contribution in [0, 0.1) is 0 Å². The largest absolute Gasteiger partial charge is 0.394 e. The Labute approximate surface area is 391 Å². The van der Waals surface area contributed by atoms with Crippen LogP contribution in [0.25, 0.3) is 0 Å². The standard InChI is InChI=1S/C39H64O30/c1-2-3-57-33-26(56)32-15(9-45)63-39(33)69-31-14(8-44)62-37(25(55)20(31)50)67-29-12(6-42)60-35(23(53)18(29)48)65-27-10(4-40)58-34(21(51)16(27)46)64-28-11(5-41)59-36(22(52)17(28)47)66-30-13(7-43)61-38(68-32)24(54)19(30)49/h2,10-56H,1,3-9H2/t10-,11-,12-,13-,14-,15-,16-,17-,18-,19-,20-,21-,22-,23-,24-,25-,26+,27-,28-,29-,30-,31-,32-,33-,34-,35-,36-,37-,38-,39-/m1/s1. The average Bonchev–Trinajstić information content (AvgIpc) is 3.34. The third-order valence-electron chi connectivity index (χ3n) is 13.1. The van der Waals surface area contributed by atoms with Gasteiger partial charge in [-0.05, 0) is 0 Å². The lowest BCUT2D eigenvalue weighted by Crippen LogP contribution is -2.69. The number of hydrogen-bond donors (Lipinski definition) is 17. The number of aliphatic hydroxyl groups excluding tert-OH is 17. The third-order valence-corrected chi connectivity index (χ3v) is 13.1. The fourth-order valence-corrected chi connectivity index (χ4v) is 9.27. The van der Waals surface area contributed by atoms with Crippen molar-refractivity contribution >= 4 is 0 Å². The van der Waals surface area contributed by atoms with Crippen LogP contribution in [-0.4, -0.2) is 317 Å². The number of aliphatic hydroxyl groups is 17. The first-order valence-corrected chi connectivity index (χ1v) is 22.2. The maximum absolute atomic E-state index is 11.7. The number of hydrogen-bond acceptors (Lipinski definition) is 30. The second-order valence-corrected chi connectivity index (χ2v) is 17.4. The maximum atomic E-state index is 11.7. The molecule has 17 N–H and O–H groups in total. The van der Waals surface area contributed by atoms with Crippen molar-refractivity contribution in [2.24, 2.45) is 0 Å². The minimum absolute atomic E-state index is 0.303. The zero-order chi connectivity index (χ0) is 50.2. The zero-order valence-corrected chi connectivity index (χ0v) is 36.5. The van der Waals surface area contributed by atoms with Gasteiger partial charge in [0.2, 0.25) is 0 Å². The lowest BCUT2D eigenvalue weighted by molar-refractivity contribution is -0.404. The molecular formula is C39H64O30. The van der Waals surface area contributed by atoms with Crippen LogP contribution >= 0.6 is 0 Å². The molecule has 0 unspecified atom stereocenters. The molecule has 0 aromatic rings. The highest BCUT2D eigenvalue weighted by Crippen LogP contribution is 2.38. The number of rotatable bonds is 9. The Balaban J connectivity index is 1.21. The average molecular weight is 1010 g/mol. The molecule has 30 nitrogen and oxygen atoms in total. The molecule has 16 fully saturated rings. The van der Waals surface area contributed by atoms with E-state index in [2.05, 4.69) is 6.58 Å². The van der Waals surface area contributed by atoms with E-state index in [4.69, 9.17) is 61.6 Å². The molecule has 30 atom stereocenters. The van der Waals surface area contributed by atoms with Gasteiger partial charge in [0.15, 0.2) is 37.7 Å². The SMILES string of the molecule is C=CCO[C@H]1[C@H]2O[C@H]3[C@H](O)[C@@H](O)[C@@H](O[C@H]4[C@H](O)[C@@H](O)[C@@H](O[C@H]5[C@H](O)[C@@H](O)[C@@H](O[C@H]6[C@H](O)[C@@H](O)[C@@H](O[C@H]7[C@H](O)[C@@H](O)[C@@H](O[C@@H]([C@@H]1O)[C@@H](CO)O2)O[C@@H]7CO)O[C@@H]6CO)O[C@@H]5CO)O[C@@H]4CO)O[C@@H]3CO. The molecule has 0 aliphatic carbocycles. The van der Waals surface area contributed by atoms with E-state index in [9.17, 15) is 86.8 Å². The van der Waals surface area contributed by atoms with E-state index >= 15 is 0 Å². The van der Waals surface area contributed by atoms with Gasteiger partial charge in [-0.25, -0.2) is 0 Å². The molecule has 400 valence electrons. The Morgan fingerprint density at radius 1 is 0.290 bits per heavy atom. The summed E-state index contributed by atoms with van der Waals surface area (Å²) in [6.45, 7) is -2.63. The fourth-order valence-electron chi connectivity index (χ4n) is 9.27. The minimum atomic E-state index is -2.15. The molecule has 0 saturated carbocycles. The minimum Gasteiger partial charge on any atom is -0.394 e. The molecule has 30 heteroatoms. The Morgan fingerprint density at radius 2 is 0.493 bits per heavy atom. The molecule has 16 aliphatic heterocycles. The van der Waals surface area contributed by atoms with Gasteiger partial charge in [-0.1, -0.05) is 6.08 Å². The van der Waals surface area contributed by atoms with E-state index in [1.54, 1.807) is 0 Å². The van der Waals surface area contributed by atoms with Crippen molar-refractivity contribution in [1.29, 1.82) is 0 Å². The smallest absolute Gasteiger partial charge is 0.187 e. The van der Waals surface area contributed by atoms with E-state index in [-0.39, 0.29) is 6.61 Å². The topological polar surface area (TPSA) is 464 Å². The van der Waals surface area contributed by atoms with Gasteiger partial charge < -0.3 is 148 Å². The highest BCUT2D eigenvalue weighted by atomic mass is 16.8. The van der Waals surface area contributed by atoms with Gasteiger partial charge in [0, 0.05) is 0 Å². The maximum Gasteiger partial charge on any atom is 0.187 e. The van der Waals surface area contributed by atoms with Crippen molar-refractivity contribution in [1.82, 2.24) is 0 Å². The molecule has 69 heavy (non-hydrogen) atoms. The molecule has 0 amide bonds. The Morgan fingerprint density at radius 3 is 0.710 bits per heavy atom. The highest BCUT2D eigenvalue weighted by Gasteiger charge is 2.59. The summed E-state index contributed by atoms with van der Waals surface area (Å²) in [6.07, 6.45) is -55.8. The van der Waals surface area contributed by atoms with Crippen LogP contribution in [0.4, 0.5) is 0 Å². The molecule has 0 radical (unpaired) electrons. The van der Waals surface area contributed by atoms with E-state index < -0.39 is 224 Å². The normalized spacial score (nSPS) is 53.4. The van der Waals surface area contributed by atoms with Crippen LogP contribution in [0.5, 0.6) is 0 Å². The van der Waals surface area contributed by atoms with Crippen LogP contribution in [-0.2, 0) is 61.6 Å². The van der Waals surface area contributed by atoms with Crippen molar-refractivity contribution in [3.8, 4) is 0 Å². The van der Waals surface area contributed by atoms with E-state index in [0.29, 0.717) is 0 Å². The Bertz CT molecular complexity index is 1600. The van der Waals surface area contributed by atoms with Crippen molar-refractivity contribution in [3.63, 3.8) is 0 Å². The molecular weight excluding hydrogens is 948 g/mol. The fraction of sp³-hybridized carbons (Fsp3) is 0.949. The monoisotopic (exact) mass is 1010 g/mol. The molecule has 0 aromatic carbocycles. The van der Waals surface area contributed by atoms with Crippen LogP contribution in [0.3, 0.4) is 0 Å². The molecule has 16 aliphatic rings. The van der Waals surface area contributed by atoms with Crippen LogP contribution in [0.15, 0.2) is 12.7 Å². The molecule has 0 aromatic heterocycles. The second-order valence-electron chi connectivity index (χ2n) is 17.4. The van der Waals surface area contributed by atoms with Gasteiger partial charge in [0.05, 0.1) is 46.2 Å². The van der Waals surface area contributed by atoms with Gasteiger partial charge in [0.25, 0.3) is 0 Å². The van der Waals surface area contributed by atoms with Crippen molar-refractivity contribution in [3.05, 3.63) is 12.7 Å². The summed E-state index contributed by atoms with van der Waals surface area (Å²) in [6, 6.07) is 0. The van der Waals surface area contributed by atoms with Crippen molar-refractivity contribution in [2.45, 2.75) is 184 Å². The first-order chi connectivity index (χ1) is 33.0. The summed E-state index contributed by atoms with van der Waals surface area (Å²) in [7, 11) is 0. The van der Waals surface area contributed by atoms with Gasteiger partial charge in [0.1, 0.15) is 146 Å². The summed E-state index contributed by atoms with van der Waals surface area (Å²) in [5.41, 5.74) is 0. The Hall–Kier alpha value is -1.46. The van der Waals surface area contributed by atoms with Gasteiger partial charge in [-0.2, -0.15) is 0 Å². The third kappa shape index (κ3) is 11.0. The van der Waals surface area contributed by atoms with E-state index in [1.165, 1.54) is 6.08 Å². The van der Waals surface area contributed by atoms with E-state index in [0.717, 1.165) is 0 Å². The predicted molar refractivity (Wildman–Crippen MR) is 210 cm³/mol. The summed E-state index contributed by atoms with van der Waals surface area (Å²) in [5.74, 6) is 0. The van der Waals surface area contributed by atoms with Crippen LogP contribution < -0.4 is 0 Å². The molecule has 16 rings (SSSR count). The summed E-state index contributed by atoms with van der Waals surface area (Å²) in [4.78, 5) is 0. The van der Waals surface area contributed by atoms with Crippen LogP contribution in [0.2, 0.25) is 0 Å². The zero-order valence-electron chi connectivity index (χ0n) is 36.5. The molecule has 16 heterocycles. The van der Waals surface area contributed by atoms with Gasteiger partial charge >= 0.3 is 0 Å². The quantitative estimate of drug-likeness (QED) is 0.0954. The first kappa shape index (κ1) is 55.3. The van der Waals surface area contributed by atoms with Crippen molar-refractivity contribution < 1.29 is 148 Å². The summed E-state index contributed by atoms with van der Waals surface area (Å²) >= 11 is 0. The number of ether oxygens (including phenoxy) is 13. The summed E-state index contributed by atoms with van der Waals surface area (Å²) in [5, 5.41) is 187. The predicted octanol–water partition coefficient (Wildman–Crippen LogP) is -11.8. The van der Waals surface area contributed by atoms with Crippen molar-refractivity contribution in [2.75, 3.05) is 46.2 Å².